The van der Waals surface area contributed by atoms with Gasteiger partial charge in [0.05, 0.1) is 19.4 Å². The molecule has 0 fully saturated rings. The van der Waals surface area contributed by atoms with E-state index in [0.717, 1.165) is 34.7 Å². The molecule has 0 spiro atoms. The van der Waals surface area contributed by atoms with Gasteiger partial charge in [0.15, 0.2) is 5.16 Å². The van der Waals surface area contributed by atoms with Gasteiger partial charge in [-0.05, 0) is 54.4 Å². The van der Waals surface area contributed by atoms with E-state index in [-0.39, 0.29) is 24.9 Å². The predicted molar refractivity (Wildman–Crippen MR) is 118 cm³/mol. The van der Waals surface area contributed by atoms with Crippen LogP contribution >= 0.6 is 11.8 Å². The fourth-order valence-corrected chi connectivity index (χ4v) is 3.46. The highest BCUT2D eigenvalue weighted by Gasteiger charge is 2.05. The summed E-state index contributed by atoms with van der Waals surface area (Å²) in [5.74, 6) is 1.11. The number of aromatic nitrogens is 2. The van der Waals surface area contributed by atoms with Gasteiger partial charge in [-0.15, -0.1) is 0 Å². The van der Waals surface area contributed by atoms with Gasteiger partial charge in [0.2, 0.25) is 5.91 Å². The van der Waals surface area contributed by atoms with E-state index in [1.54, 1.807) is 37.2 Å². The maximum Gasteiger partial charge on any atom is 0.246 e. The SMILES string of the molecule is COc1ccc(-c2ccnc(SCCCNC(=O)COCc3ccc(F)cc3)n2)cc1. The number of nitrogens with zero attached hydrogens (tertiary/aromatic N) is 2. The van der Waals surface area contributed by atoms with Crippen molar-refractivity contribution in [2.24, 2.45) is 0 Å². The fourth-order valence-electron chi connectivity index (χ4n) is 2.69. The van der Waals surface area contributed by atoms with Crippen molar-refractivity contribution in [3.63, 3.8) is 0 Å². The Morgan fingerprint density at radius 3 is 2.61 bits per heavy atom. The molecule has 162 valence electrons. The van der Waals surface area contributed by atoms with Gasteiger partial charge in [-0.1, -0.05) is 23.9 Å². The van der Waals surface area contributed by atoms with Crippen LogP contribution in [-0.4, -0.2) is 41.9 Å². The monoisotopic (exact) mass is 441 g/mol. The topological polar surface area (TPSA) is 73.3 Å². The van der Waals surface area contributed by atoms with Crippen LogP contribution in [0.15, 0.2) is 66.0 Å². The Kier molecular flexibility index (Phi) is 8.81. The van der Waals surface area contributed by atoms with E-state index < -0.39 is 0 Å². The number of hydrogen-bond donors (Lipinski definition) is 1. The van der Waals surface area contributed by atoms with Crippen LogP contribution in [-0.2, 0) is 16.1 Å². The lowest BCUT2D eigenvalue weighted by Crippen LogP contribution is -2.28. The molecule has 0 unspecified atom stereocenters. The smallest absolute Gasteiger partial charge is 0.246 e. The number of rotatable bonds is 11. The zero-order valence-corrected chi connectivity index (χ0v) is 18.0. The third kappa shape index (κ3) is 7.66. The summed E-state index contributed by atoms with van der Waals surface area (Å²) in [7, 11) is 1.64. The van der Waals surface area contributed by atoms with Gasteiger partial charge in [0.25, 0.3) is 0 Å². The quantitative estimate of drug-likeness (QED) is 0.274. The van der Waals surface area contributed by atoms with Crippen molar-refractivity contribution in [1.29, 1.82) is 0 Å². The van der Waals surface area contributed by atoms with Crippen molar-refractivity contribution in [2.75, 3.05) is 26.0 Å². The summed E-state index contributed by atoms with van der Waals surface area (Å²) in [6.07, 6.45) is 2.53. The molecule has 0 aliphatic rings. The summed E-state index contributed by atoms with van der Waals surface area (Å²) in [5, 5.41) is 3.52. The third-order valence-corrected chi connectivity index (χ3v) is 5.26. The minimum atomic E-state index is -0.294. The molecule has 31 heavy (non-hydrogen) atoms. The highest BCUT2D eigenvalue weighted by molar-refractivity contribution is 7.99. The Balaban J connectivity index is 1.33. The molecule has 2 aromatic carbocycles. The molecule has 3 rings (SSSR count). The first-order chi connectivity index (χ1) is 15.1. The lowest BCUT2D eigenvalue weighted by Gasteiger charge is -2.07. The number of hydrogen-bond acceptors (Lipinski definition) is 6. The second kappa shape index (κ2) is 12.0. The highest BCUT2D eigenvalue weighted by Crippen LogP contribution is 2.22. The van der Waals surface area contributed by atoms with Crippen molar-refractivity contribution in [2.45, 2.75) is 18.2 Å². The average Bonchev–Trinajstić information content (AvgIpc) is 2.80. The van der Waals surface area contributed by atoms with Crippen molar-refractivity contribution >= 4 is 17.7 Å². The molecular formula is C23H24FN3O3S. The standard InChI is InChI=1S/C23H24FN3O3S/c1-29-20-9-5-18(6-10-20)21-11-13-26-23(27-21)31-14-2-12-25-22(28)16-30-15-17-3-7-19(24)8-4-17/h3-11,13H,2,12,14-16H2,1H3,(H,25,28). The van der Waals surface area contributed by atoms with Gasteiger partial charge < -0.3 is 14.8 Å². The molecule has 1 aromatic heterocycles. The first kappa shape index (κ1) is 22.7. The van der Waals surface area contributed by atoms with Gasteiger partial charge in [0.1, 0.15) is 18.2 Å². The van der Waals surface area contributed by atoms with Crippen LogP contribution in [0.25, 0.3) is 11.3 Å². The normalized spacial score (nSPS) is 10.6. The molecule has 0 saturated carbocycles. The van der Waals surface area contributed by atoms with Crippen molar-refractivity contribution in [3.05, 3.63) is 72.2 Å². The molecule has 0 bridgehead atoms. The van der Waals surface area contributed by atoms with E-state index in [0.29, 0.717) is 11.7 Å². The molecule has 1 amide bonds. The Morgan fingerprint density at radius 2 is 1.87 bits per heavy atom. The molecule has 0 radical (unpaired) electrons. The van der Waals surface area contributed by atoms with Gasteiger partial charge in [-0.2, -0.15) is 0 Å². The van der Waals surface area contributed by atoms with Crippen LogP contribution in [0.4, 0.5) is 4.39 Å². The minimum absolute atomic E-state index is 0.0302. The van der Waals surface area contributed by atoms with Crippen LogP contribution in [0, 0.1) is 5.82 Å². The summed E-state index contributed by atoms with van der Waals surface area (Å²) in [6, 6.07) is 15.6. The number of carbonyl (C=O) groups is 1. The van der Waals surface area contributed by atoms with Crippen LogP contribution in [0.3, 0.4) is 0 Å². The summed E-state index contributed by atoms with van der Waals surface area (Å²) in [4.78, 5) is 20.7. The van der Waals surface area contributed by atoms with Crippen LogP contribution in [0.2, 0.25) is 0 Å². The Bertz CT molecular complexity index is 969. The van der Waals surface area contributed by atoms with E-state index in [1.807, 2.05) is 30.3 Å². The van der Waals surface area contributed by atoms with Crippen molar-refractivity contribution in [1.82, 2.24) is 15.3 Å². The van der Waals surface area contributed by atoms with Gasteiger partial charge in [-0.3, -0.25) is 4.79 Å². The molecule has 0 atom stereocenters. The molecule has 0 aliphatic carbocycles. The number of nitrogens with one attached hydrogen (secondary N) is 1. The number of carbonyl (C=O) groups excluding carboxylic acids is 1. The molecule has 6 nitrogen and oxygen atoms in total. The highest BCUT2D eigenvalue weighted by atomic mass is 32.2. The van der Waals surface area contributed by atoms with E-state index in [9.17, 15) is 9.18 Å². The van der Waals surface area contributed by atoms with Crippen LogP contribution < -0.4 is 10.1 Å². The second-order valence-corrected chi connectivity index (χ2v) is 7.69. The van der Waals surface area contributed by atoms with E-state index in [2.05, 4.69) is 15.3 Å². The largest absolute Gasteiger partial charge is 0.497 e. The first-order valence-corrected chi connectivity index (χ1v) is 10.8. The Labute approximate surface area is 185 Å². The fraction of sp³-hybridized carbons (Fsp3) is 0.261. The van der Waals surface area contributed by atoms with Crippen LogP contribution in [0.1, 0.15) is 12.0 Å². The summed E-state index contributed by atoms with van der Waals surface area (Å²) in [5.41, 5.74) is 2.67. The predicted octanol–water partition coefficient (Wildman–Crippen LogP) is 4.11. The summed E-state index contributed by atoms with van der Waals surface area (Å²) < 4.78 is 23.4. The number of ether oxygens (including phenoxy) is 2. The summed E-state index contributed by atoms with van der Waals surface area (Å²) in [6.45, 7) is 0.785. The maximum absolute atomic E-state index is 12.9. The first-order valence-electron chi connectivity index (χ1n) is 9.83. The summed E-state index contributed by atoms with van der Waals surface area (Å²) >= 11 is 1.54. The second-order valence-electron chi connectivity index (χ2n) is 6.62. The number of methoxy groups -OCH3 is 1. The number of thioether (sulfide) groups is 1. The number of amides is 1. The Morgan fingerprint density at radius 1 is 1.10 bits per heavy atom. The van der Waals surface area contributed by atoms with E-state index in [4.69, 9.17) is 9.47 Å². The molecule has 1 N–H and O–H groups in total. The molecular weight excluding hydrogens is 417 g/mol. The molecule has 0 saturated heterocycles. The third-order valence-electron chi connectivity index (χ3n) is 4.31. The maximum atomic E-state index is 12.9. The number of benzene rings is 2. The van der Waals surface area contributed by atoms with E-state index >= 15 is 0 Å². The molecule has 0 aliphatic heterocycles. The zero-order chi connectivity index (χ0) is 21.9. The van der Waals surface area contributed by atoms with Crippen LogP contribution in [0.5, 0.6) is 5.75 Å². The lowest BCUT2D eigenvalue weighted by atomic mass is 10.1. The van der Waals surface area contributed by atoms with Gasteiger partial charge in [0, 0.05) is 24.1 Å². The molecule has 8 heteroatoms. The Hall–Kier alpha value is -2.97. The average molecular weight is 442 g/mol. The van der Waals surface area contributed by atoms with Gasteiger partial charge in [-0.25, -0.2) is 14.4 Å². The van der Waals surface area contributed by atoms with Crippen molar-refractivity contribution < 1.29 is 18.7 Å². The molecule has 1 heterocycles. The minimum Gasteiger partial charge on any atom is -0.497 e. The lowest BCUT2D eigenvalue weighted by molar-refractivity contribution is -0.126. The number of halogens is 1. The van der Waals surface area contributed by atoms with E-state index in [1.165, 1.54) is 12.1 Å². The van der Waals surface area contributed by atoms with Gasteiger partial charge >= 0.3 is 0 Å². The zero-order valence-electron chi connectivity index (χ0n) is 17.2. The van der Waals surface area contributed by atoms with Crippen molar-refractivity contribution in [3.8, 4) is 17.0 Å². The molecule has 3 aromatic rings.